The van der Waals surface area contributed by atoms with Gasteiger partial charge in [0.05, 0.1) is 5.52 Å². The minimum Gasteiger partial charge on any atom is -0.253 e. The van der Waals surface area contributed by atoms with Gasteiger partial charge in [0.1, 0.15) is 0 Å². The molecule has 2 heteroatoms. The third-order valence-corrected chi connectivity index (χ3v) is 1.99. The van der Waals surface area contributed by atoms with Gasteiger partial charge in [0, 0.05) is 11.1 Å². The van der Waals surface area contributed by atoms with Crippen LogP contribution in [0.25, 0.3) is 10.9 Å². The van der Waals surface area contributed by atoms with Gasteiger partial charge in [0.25, 0.3) is 0 Å². The summed E-state index contributed by atoms with van der Waals surface area (Å²) in [5.74, 6) is 5.36. The Morgan fingerprint density at radius 3 is 1.95 bits per heavy atom. The molecule has 0 N–H and O–H groups in total. The smallest absolute Gasteiger partial charge is 0.0705 e. The summed E-state index contributed by atoms with van der Waals surface area (Å²) >= 11 is 0. The maximum atomic E-state index is 4.38. The molecule has 0 amide bonds. The number of nitrogens with zero attached hydrogens (tertiary/aromatic N) is 1. The van der Waals surface area contributed by atoms with Gasteiger partial charge in [0.15, 0.2) is 0 Å². The summed E-state index contributed by atoms with van der Waals surface area (Å²) in [6.45, 7) is 11.6. The van der Waals surface area contributed by atoms with E-state index in [0.29, 0.717) is 0 Å². The van der Waals surface area contributed by atoms with Gasteiger partial charge in [-0.2, -0.15) is 0 Å². The van der Waals surface area contributed by atoms with Crippen LogP contribution in [0.1, 0.15) is 33.4 Å². The van der Waals surface area contributed by atoms with Crippen molar-refractivity contribution in [2.45, 2.75) is 34.6 Å². The third-order valence-electron chi connectivity index (χ3n) is 1.99. The Hall–Kier alpha value is -1.38. The van der Waals surface area contributed by atoms with Gasteiger partial charge >= 0.3 is 0 Å². The van der Waals surface area contributed by atoms with Crippen molar-refractivity contribution in [2.75, 3.05) is 6.66 Å². The molecular weight excluding hydrogens is 249 g/mol. The van der Waals surface area contributed by atoms with Crippen LogP contribution in [0.15, 0.2) is 36.4 Å². The maximum Gasteiger partial charge on any atom is 0.0705 e. The molecule has 19 heavy (non-hydrogen) atoms. The molecule has 1 nitrogen and oxygen atoms in total. The second-order valence-corrected chi connectivity index (χ2v) is 3.15. The first-order chi connectivity index (χ1) is 9.27. The fraction of sp³-hybridized carbons (Fsp3) is 0.353. The van der Waals surface area contributed by atoms with E-state index in [1.54, 1.807) is 0 Å². The number of aryl methyl sites for hydroxylation is 1. The number of hydrogen-bond donors (Lipinski definition) is 0. The summed E-state index contributed by atoms with van der Waals surface area (Å²) in [6.07, 6.45) is 0. The van der Waals surface area contributed by atoms with Crippen molar-refractivity contribution in [3.63, 3.8) is 0 Å². The van der Waals surface area contributed by atoms with E-state index in [9.17, 15) is 0 Å². The van der Waals surface area contributed by atoms with Crippen LogP contribution in [0.2, 0.25) is 0 Å². The lowest BCUT2D eigenvalue weighted by Gasteiger charge is -1.95. The zero-order valence-corrected chi connectivity index (χ0v) is 14.1. The Labute approximate surface area is 121 Å². The molecule has 1 unspecified atom stereocenters. The average Bonchev–Trinajstić information content (AvgIpc) is 2.51. The Morgan fingerprint density at radius 2 is 1.42 bits per heavy atom. The SMILES string of the molecule is CC.CC#CC.CP.Cc1ccc2ccccc2n1. The molecule has 1 aromatic heterocycles. The summed E-state index contributed by atoms with van der Waals surface area (Å²) in [6, 6.07) is 12.3. The van der Waals surface area contributed by atoms with Crippen molar-refractivity contribution in [1.82, 2.24) is 4.98 Å². The minimum atomic E-state index is 1.07. The Kier molecular flexibility index (Phi) is 15.4. The van der Waals surface area contributed by atoms with Crippen LogP contribution in [-0.4, -0.2) is 11.6 Å². The van der Waals surface area contributed by atoms with Crippen molar-refractivity contribution in [3.8, 4) is 11.8 Å². The van der Waals surface area contributed by atoms with E-state index < -0.39 is 0 Å². The molecule has 0 aliphatic heterocycles. The topological polar surface area (TPSA) is 12.9 Å². The zero-order chi connectivity index (χ0) is 15.1. The lowest BCUT2D eigenvalue weighted by molar-refractivity contribution is 1.26. The average molecular weight is 275 g/mol. The van der Waals surface area contributed by atoms with Crippen LogP contribution >= 0.6 is 9.24 Å². The summed E-state index contributed by atoms with van der Waals surface area (Å²) in [4.78, 5) is 4.38. The number of hydrogen-bond acceptors (Lipinski definition) is 1. The van der Waals surface area contributed by atoms with Crippen molar-refractivity contribution >= 4 is 20.1 Å². The molecule has 0 saturated heterocycles. The molecule has 2 rings (SSSR count). The standard InChI is InChI=1S/C10H9N.C4H6.C2H6.CH5P/c1-8-6-7-9-4-2-3-5-10(9)11-8;1-3-4-2;2*1-2/h2-7H,1H3;1-2H3;1-2H3;2H2,1H3. The fourth-order valence-corrected chi connectivity index (χ4v) is 1.17. The third kappa shape index (κ3) is 9.23. The van der Waals surface area contributed by atoms with Crippen molar-refractivity contribution in [2.24, 2.45) is 0 Å². The van der Waals surface area contributed by atoms with Gasteiger partial charge < -0.3 is 0 Å². The largest absolute Gasteiger partial charge is 0.253 e. The molecule has 1 atom stereocenters. The summed E-state index contributed by atoms with van der Waals surface area (Å²) in [7, 11) is 2.42. The number of aromatic nitrogens is 1. The summed E-state index contributed by atoms with van der Waals surface area (Å²) < 4.78 is 0. The quantitative estimate of drug-likeness (QED) is 0.482. The van der Waals surface area contributed by atoms with Crippen LogP contribution in [0, 0.1) is 18.8 Å². The molecule has 104 valence electrons. The Morgan fingerprint density at radius 1 is 0.895 bits per heavy atom. The predicted molar refractivity (Wildman–Crippen MR) is 92.6 cm³/mol. The lowest BCUT2D eigenvalue weighted by atomic mass is 10.2. The van der Waals surface area contributed by atoms with E-state index in [1.807, 2.05) is 65.5 Å². The second-order valence-electron chi connectivity index (χ2n) is 3.15. The molecule has 1 aromatic carbocycles. The van der Waals surface area contributed by atoms with Crippen molar-refractivity contribution < 1.29 is 0 Å². The molecule has 0 bridgehead atoms. The van der Waals surface area contributed by atoms with Crippen LogP contribution < -0.4 is 0 Å². The Balaban J connectivity index is 0. The maximum absolute atomic E-state index is 4.38. The van der Waals surface area contributed by atoms with Gasteiger partial charge in [-0.25, -0.2) is 0 Å². The highest BCUT2D eigenvalue weighted by Crippen LogP contribution is 2.10. The van der Waals surface area contributed by atoms with Gasteiger partial charge in [0.2, 0.25) is 0 Å². The number of rotatable bonds is 0. The van der Waals surface area contributed by atoms with Gasteiger partial charge in [-0.1, -0.05) is 44.8 Å². The van der Waals surface area contributed by atoms with E-state index >= 15 is 0 Å². The highest BCUT2D eigenvalue weighted by atomic mass is 31.0. The minimum absolute atomic E-state index is 1.07. The number of fused-ring (bicyclic) bond motifs is 1. The van der Waals surface area contributed by atoms with E-state index in [2.05, 4.69) is 38.2 Å². The van der Waals surface area contributed by atoms with Crippen LogP contribution in [0.4, 0.5) is 0 Å². The normalized spacial score (nSPS) is 7.32. The first-order valence-electron chi connectivity index (χ1n) is 6.51. The van der Waals surface area contributed by atoms with Gasteiger partial charge in [-0.3, -0.25) is 4.98 Å². The molecule has 0 aliphatic carbocycles. The molecular formula is C17H26NP. The predicted octanol–water partition coefficient (Wildman–Crippen LogP) is 5.09. The molecule has 1 heterocycles. The molecule has 0 spiro atoms. The van der Waals surface area contributed by atoms with Gasteiger partial charge in [-0.15, -0.1) is 21.1 Å². The van der Waals surface area contributed by atoms with E-state index in [-0.39, 0.29) is 0 Å². The van der Waals surface area contributed by atoms with Crippen molar-refractivity contribution in [1.29, 1.82) is 0 Å². The highest BCUT2D eigenvalue weighted by Gasteiger charge is 1.90. The summed E-state index contributed by atoms with van der Waals surface area (Å²) in [5, 5.41) is 1.21. The molecule has 0 radical (unpaired) electrons. The number of para-hydroxylation sites is 1. The number of pyridine rings is 1. The molecule has 0 aliphatic rings. The first kappa shape index (κ1) is 19.9. The highest BCUT2D eigenvalue weighted by molar-refractivity contribution is 7.15. The van der Waals surface area contributed by atoms with Gasteiger partial charge in [-0.05, 0) is 32.9 Å². The van der Waals surface area contributed by atoms with Crippen LogP contribution in [0.3, 0.4) is 0 Å². The van der Waals surface area contributed by atoms with E-state index in [0.717, 1.165) is 11.2 Å². The summed E-state index contributed by atoms with van der Waals surface area (Å²) in [5.41, 5.74) is 2.15. The monoisotopic (exact) mass is 275 g/mol. The van der Waals surface area contributed by atoms with E-state index in [4.69, 9.17) is 0 Å². The fourth-order valence-electron chi connectivity index (χ4n) is 1.17. The number of benzene rings is 1. The molecule has 0 fully saturated rings. The Bertz CT molecular complexity index is 489. The van der Waals surface area contributed by atoms with Crippen LogP contribution in [0.5, 0.6) is 0 Å². The first-order valence-corrected chi connectivity index (χ1v) is 7.67. The zero-order valence-electron chi connectivity index (χ0n) is 13.0. The second kappa shape index (κ2) is 14.7. The van der Waals surface area contributed by atoms with Crippen LogP contribution in [-0.2, 0) is 0 Å². The van der Waals surface area contributed by atoms with E-state index in [1.165, 1.54) is 5.39 Å². The molecule has 2 aromatic rings. The lowest BCUT2D eigenvalue weighted by Crippen LogP contribution is -1.80. The van der Waals surface area contributed by atoms with Crippen molar-refractivity contribution in [3.05, 3.63) is 42.1 Å². The molecule has 0 saturated carbocycles.